The van der Waals surface area contributed by atoms with Crippen molar-refractivity contribution in [3.05, 3.63) is 23.3 Å². The van der Waals surface area contributed by atoms with E-state index in [-0.39, 0.29) is 0 Å². The van der Waals surface area contributed by atoms with Crippen molar-refractivity contribution in [3.63, 3.8) is 0 Å². The van der Waals surface area contributed by atoms with Crippen LogP contribution in [0.1, 0.15) is 55.4 Å². The molecule has 0 aromatic carbocycles. The number of rotatable bonds is 3. The van der Waals surface area contributed by atoms with Gasteiger partial charge in [-0.2, -0.15) is 0 Å². The minimum Gasteiger partial charge on any atom is -0.0842 e. The van der Waals surface area contributed by atoms with E-state index >= 15 is 0 Å². The third-order valence-electron chi connectivity index (χ3n) is 2.31. The lowest BCUT2D eigenvalue weighted by Crippen LogP contribution is -1.94. The highest BCUT2D eigenvalue weighted by atomic mass is 14.1. The largest absolute Gasteiger partial charge is 0.0842 e. The summed E-state index contributed by atoms with van der Waals surface area (Å²) in [6.45, 7) is 17.3. The molecular formula is C14H28. The summed E-state index contributed by atoms with van der Waals surface area (Å²) in [4.78, 5) is 0. The molecule has 0 aromatic rings. The molecule has 0 atom stereocenters. The molecular weight excluding hydrogens is 168 g/mol. The number of allylic oxidation sites excluding steroid dienone is 4. The summed E-state index contributed by atoms with van der Waals surface area (Å²) < 4.78 is 0. The van der Waals surface area contributed by atoms with Crippen molar-refractivity contribution in [2.24, 2.45) is 11.8 Å². The standard InChI is InChI=1S/C12H22.C2H6/c1-7-12(10(4)5)8-11(6)9(2)3;1-2/h7-10H,1-6H3;1-2H3/b11-8+,12-7+;. The van der Waals surface area contributed by atoms with Gasteiger partial charge in [-0.25, -0.2) is 0 Å². The Labute approximate surface area is 91.1 Å². The maximum absolute atomic E-state index is 2.31. The van der Waals surface area contributed by atoms with Gasteiger partial charge in [0.1, 0.15) is 0 Å². The summed E-state index contributed by atoms with van der Waals surface area (Å²) in [6, 6.07) is 0. The Hall–Kier alpha value is -0.520. The molecule has 0 fully saturated rings. The molecule has 0 bridgehead atoms. The number of hydrogen-bond donors (Lipinski definition) is 0. The molecule has 0 saturated heterocycles. The number of hydrogen-bond acceptors (Lipinski definition) is 0. The molecule has 0 saturated carbocycles. The van der Waals surface area contributed by atoms with Crippen LogP contribution >= 0.6 is 0 Å². The fourth-order valence-electron chi connectivity index (χ4n) is 1.01. The van der Waals surface area contributed by atoms with Crippen molar-refractivity contribution < 1.29 is 0 Å². The van der Waals surface area contributed by atoms with Gasteiger partial charge in [-0.05, 0) is 31.3 Å². The Kier molecular flexibility index (Phi) is 10.3. The van der Waals surface area contributed by atoms with E-state index in [0.717, 1.165) is 0 Å². The van der Waals surface area contributed by atoms with Crippen LogP contribution in [0.3, 0.4) is 0 Å². The highest BCUT2D eigenvalue weighted by molar-refractivity contribution is 5.24. The molecule has 0 rings (SSSR count). The first kappa shape index (κ1) is 15.9. The second kappa shape index (κ2) is 9.05. The second-order valence-electron chi connectivity index (χ2n) is 3.99. The van der Waals surface area contributed by atoms with Crippen molar-refractivity contribution in [2.45, 2.75) is 55.4 Å². The summed E-state index contributed by atoms with van der Waals surface area (Å²) in [5.41, 5.74) is 2.91. The molecule has 0 spiro atoms. The van der Waals surface area contributed by atoms with E-state index in [9.17, 15) is 0 Å². The van der Waals surface area contributed by atoms with Crippen LogP contribution in [-0.2, 0) is 0 Å². The summed E-state index contributed by atoms with van der Waals surface area (Å²) in [5, 5.41) is 0. The Morgan fingerprint density at radius 1 is 0.929 bits per heavy atom. The van der Waals surface area contributed by atoms with Gasteiger partial charge < -0.3 is 0 Å². The van der Waals surface area contributed by atoms with E-state index in [2.05, 4.69) is 53.7 Å². The van der Waals surface area contributed by atoms with Gasteiger partial charge in [-0.1, -0.05) is 59.3 Å². The zero-order chi connectivity index (χ0) is 11.7. The fraction of sp³-hybridized carbons (Fsp3) is 0.714. The predicted octanol–water partition coefficient (Wildman–Crippen LogP) is 5.22. The van der Waals surface area contributed by atoms with Gasteiger partial charge in [0.15, 0.2) is 0 Å². The van der Waals surface area contributed by atoms with Crippen molar-refractivity contribution in [2.75, 3.05) is 0 Å². The SMILES string of the molecule is C/C=C(\C=C(/C)C(C)C)C(C)C.CC. The highest BCUT2D eigenvalue weighted by Crippen LogP contribution is 2.17. The van der Waals surface area contributed by atoms with Crippen LogP contribution in [0, 0.1) is 11.8 Å². The van der Waals surface area contributed by atoms with Crippen LogP contribution in [0.4, 0.5) is 0 Å². The molecule has 0 radical (unpaired) electrons. The first-order valence-electron chi connectivity index (χ1n) is 5.83. The molecule has 84 valence electrons. The van der Waals surface area contributed by atoms with Gasteiger partial charge in [0.2, 0.25) is 0 Å². The molecule has 14 heavy (non-hydrogen) atoms. The van der Waals surface area contributed by atoms with Crippen molar-refractivity contribution >= 4 is 0 Å². The van der Waals surface area contributed by atoms with Gasteiger partial charge in [0, 0.05) is 0 Å². The fourth-order valence-corrected chi connectivity index (χ4v) is 1.01. The molecule has 0 nitrogen and oxygen atoms in total. The molecule has 0 aromatic heterocycles. The second-order valence-corrected chi connectivity index (χ2v) is 3.99. The van der Waals surface area contributed by atoms with Crippen LogP contribution < -0.4 is 0 Å². The zero-order valence-electron chi connectivity index (χ0n) is 11.3. The average Bonchev–Trinajstić information content (AvgIpc) is 2.16. The summed E-state index contributed by atoms with van der Waals surface area (Å²) in [7, 11) is 0. The van der Waals surface area contributed by atoms with Crippen molar-refractivity contribution in [1.82, 2.24) is 0 Å². The Bertz CT molecular complexity index is 180. The summed E-state index contributed by atoms with van der Waals surface area (Å²) in [5.74, 6) is 1.31. The van der Waals surface area contributed by atoms with Gasteiger partial charge >= 0.3 is 0 Å². The van der Waals surface area contributed by atoms with Crippen molar-refractivity contribution in [3.8, 4) is 0 Å². The molecule has 0 aliphatic carbocycles. The maximum Gasteiger partial charge on any atom is -0.0222 e. The lowest BCUT2D eigenvalue weighted by atomic mass is 9.96. The van der Waals surface area contributed by atoms with Gasteiger partial charge in [-0.15, -0.1) is 0 Å². The van der Waals surface area contributed by atoms with Gasteiger partial charge in [-0.3, -0.25) is 0 Å². The van der Waals surface area contributed by atoms with Gasteiger partial charge in [0.05, 0.1) is 0 Å². The minimum atomic E-state index is 0.642. The third kappa shape index (κ3) is 6.94. The molecule has 0 N–H and O–H groups in total. The molecule has 0 heteroatoms. The summed E-state index contributed by atoms with van der Waals surface area (Å²) in [6.07, 6.45) is 4.52. The smallest absolute Gasteiger partial charge is 0.0222 e. The third-order valence-corrected chi connectivity index (χ3v) is 2.31. The van der Waals surface area contributed by atoms with E-state index in [1.807, 2.05) is 13.8 Å². The minimum absolute atomic E-state index is 0.642. The first-order chi connectivity index (χ1) is 6.49. The quantitative estimate of drug-likeness (QED) is 0.543. The summed E-state index contributed by atoms with van der Waals surface area (Å²) >= 11 is 0. The van der Waals surface area contributed by atoms with Crippen LogP contribution in [0.25, 0.3) is 0 Å². The van der Waals surface area contributed by atoms with Crippen molar-refractivity contribution in [1.29, 1.82) is 0 Å². The van der Waals surface area contributed by atoms with Gasteiger partial charge in [0.25, 0.3) is 0 Å². The maximum atomic E-state index is 2.31. The molecule has 0 amide bonds. The lowest BCUT2D eigenvalue weighted by Gasteiger charge is -2.10. The normalized spacial score (nSPS) is 13.0. The monoisotopic (exact) mass is 196 g/mol. The van der Waals surface area contributed by atoms with E-state index in [4.69, 9.17) is 0 Å². The average molecular weight is 196 g/mol. The zero-order valence-corrected chi connectivity index (χ0v) is 11.3. The lowest BCUT2D eigenvalue weighted by molar-refractivity contribution is 0.748. The van der Waals surface area contributed by atoms with Crippen LogP contribution in [0.2, 0.25) is 0 Å². The van der Waals surface area contributed by atoms with E-state index in [1.165, 1.54) is 11.1 Å². The highest BCUT2D eigenvalue weighted by Gasteiger charge is 2.01. The Morgan fingerprint density at radius 3 is 1.57 bits per heavy atom. The molecule has 0 heterocycles. The Balaban J connectivity index is 0. The van der Waals surface area contributed by atoms with Crippen LogP contribution in [0.15, 0.2) is 23.3 Å². The van der Waals surface area contributed by atoms with E-state index in [1.54, 1.807) is 0 Å². The molecule has 0 unspecified atom stereocenters. The first-order valence-corrected chi connectivity index (χ1v) is 5.83. The topological polar surface area (TPSA) is 0 Å². The van der Waals surface area contributed by atoms with E-state index < -0.39 is 0 Å². The Morgan fingerprint density at radius 2 is 1.36 bits per heavy atom. The molecule has 0 aliphatic heterocycles. The van der Waals surface area contributed by atoms with Crippen LogP contribution in [-0.4, -0.2) is 0 Å². The van der Waals surface area contributed by atoms with E-state index in [0.29, 0.717) is 11.8 Å². The van der Waals surface area contributed by atoms with Crippen LogP contribution in [0.5, 0.6) is 0 Å². The molecule has 0 aliphatic rings. The predicted molar refractivity (Wildman–Crippen MR) is 68.5 cm³/mol.